The van der Waals surface area contributed by atoms with Crippen molar-refractivity contribution in [3.05, 3.63) is 46.8 Å². The molecule has 1 aromatic carbocycles. The van der Waals surface area contributed by atoms with Gasteiger partial charge in [0.25, 0.3) is 5.56 Å². The Morgan fingerprint density at radius 1 is 1.08 bits per heavy atom. The van der Waals surface area contributed by atoms with Gasteiger partial charge in [-0.05, 0) is 17.5 Å². The van der Waals surface area contributed by atoms with Crippen LogP contribution in [0.15, 0.2) is 41.2 Å². The molecule has 2 rings (SSSR count). The second-order valence-corrected chi connectivity index (χ2v) is 2.76. The normalized spacial score (nSPS) is 10.2. The van der Waals surface area contributed by atoms with Crippen molar-refractivity contribution in [1.29, 1.82) is 0 Å². The van der Waals surface area contributed by atoms with E-state index < -0.39 is 0 Å². The highest BCUT2D eigenvalue weighted by Crippen LogP contribution is 2.07. The molecule has 13 heavy (non-hydrogen) atoms. The van der Waals surface area contributed by atoms with Gasteiger partial charge in [0.2, 0.25) is 0 Å². The van der Waals surface area contributed by atoms with Gasteiger partial charge < -0.3 is 5.73 Å². The molecule has 0 saturated heterocycles. The topological polar surface area (TPSA) is 56.0 Å². The van der Waals surface area contributed by atoms with Crippen LogP contribution in [0.25, 0.3) is 10.8 Å². The monoisotopic (exact) mass is 172 g/mol. The summed E-state index contributed by atoms with van der Waals surface area (Å²) in [6.07, 6.45) is 0. The summed E-state index contributed by atoms with van der Waals surface area (Å²) in [7, 11) is 0. The third-order valence-electron chi connectivity index (χ3n) is 1.86. The van der Waals surface area contributed by atoms with Crippen LogP contribution < -0.4 is 11.3 Å². The van der Waals surface area contributed by atoms with Crippen molar-refractivity contribution in [3.63, 3.8) is 0 Å². The number of nitrogens with two attached hydrogens (primary N) is 1. The van der Waals surface area contributed by atoms with Crippen molar-refractivity contribution >= 4 is 16.6 Å². The predicted octanol–water partition coefficient (Wildman–Crippen LogP) is 1.18. The molecule has 0 radical (unpaired) electrons. The number of aromatic nitrogens is 1. The molecule has 0 saturated carbocycles. The highest BCUT2D eigenvalue weighted by molar-refractivity contribution is 5.81. The van der Waals surface area contributed by atoms with E-state index in [-0.39, 0.29) is 11.4 Å². The van der Waals surface area contributed by atoms with Crippen LogP contribution in [-0.2, 0) is 0 Å². The van der Waals surface area contributed by atoms with Crippen LogP contribution in [0.4, 0.5) is 5.82 Å². The van der Waals surface area contributed by atoms with E-state index in [1.54, 1.807) is 18.2 Å². The van der Waals surface area contributed by atoms with Crippen LogP contribution in [0, 0.1) is 0 Å². The summed E-state index contributed by atoms with van der Waals surface area (Å²) >= 11 is 0. The Balaban J connectivity index is 3.02. The summed E-state index contributed by atoms with van der Waals surface area (Å²) in [5.74, 6) is 0.251. The Bertz CT molecular complexity index is 508. The molecule has 0 fully saturated rings. The van der Waals surface area contributed by atoms with Gasteiger partial charge >= 0.3 is 0 Å². The van der Waals surface area contributed by atoms with E-state index in [1.807, 2.05) is 18.2 Å². The molecule has 64 valence electrons. The lowest BCUT2D eigenvalue weighted by Gasteiger charge is -1.86. The number of anilines is 1. The van der Waals surface area contributed by atoms with Crippen molar-refractivity contribution in [1.82, 2.24) is 4.98 Å². The van der Waals surface area contributed by atoms with Gasteiger partial charge in [0, 0.05) is 5.39 Å². The fraction of sp³-hybridized carbons (Fsp3) is 0. The number of nitrogens with zero attached hydrogens (tertiary/aromatic N) is 1. The van der Waals surface area contributed by atoms with Gasteiger partial charge in [-0.2, -0.15) is 4.98 Å². The molecule has 1 aromatic heterocycles. The lowest BCUT2D eigenvalue weighted by atomic mass is 10.2. The average Bonchev–Trinajstić information content (AvgIpc) is 2.27. The van der Waals surface area contributed by atoms with Crippen LogP contribution in [0.5, 0.6) is 0 Å². The van der Waals surface area contributed by atoms with Crippen molar-refractivity contribution in [2.24, 2.45) is 0 Å². The molecule has 3 heteroatoms. The fourth-order valence-corrected chi connectivity index (χ4v) is 1.23. The van der Waals surface area contributed by atoms with Gasteiger partial charge in [-0.15, -0.1) is 0 Å². The standard InChI is InChI=1S/C10H8N2O/c11-9-6-5-7-3-1-2-4-8(7)10(13)12-9/h1-6H,(H2,11,12,13). The number of benzene rings is 1. The molecular weight excluding hydrogens is 164 g/mol. The van der Waals surface area contributed by atoms with Gasteiger partial charge in [-0.1, -0.05) is 24.3 Å². The Kier molecular flexibility index (Phi) is 1.70. The molecule has 0 aliphatic rings. The lowest BCUT2D eigenvalue weighted by Crippen LogP contribution is -2.03. The lowest BCUT2D eigenvalue weighted by molar-refractivity contribution is 1.30. The molecule has 0 amide bonds. The number of nitrogen functional groups attached to an aromatic ring is 1. The molecule has 1 heterocycles. The van der Waals surface area contributed by atoms with Crippen molar-refractivity contribution in [3.8, 4) is 0 Å². The minimum absolute atomic E-state index is 0.251. The van der Waals surface area contributed by atoms with Gasteiger partial charge in [-0.25, -0.2) is 0 Å². The maximum Gasteiger partial charge on any atom is 0.279 e. The summed E-state index contributed by atoms with van der Waals surface area (Å²) in [6, 6.07) is 10.7. The van der Waals surface area contributed by atoms with Gasteiger partial charge in [0.15, 0.2) is 0 Å². The van der Waals surface area contributed by atoms with E-state index in [4.69, 9.17) is 5.73 Å². The smallest absolute Gasteiger partial charge is 0.279 e. The highest BCUT2D eigenvalue weighted by atomic mass is 16.1. The molecular formula is C10H8N2O. The minimum atomic E-state index is -0.280. The molecule has 0 spiro atoms. The second-order valence-electron chi connectivity index (χ2n) is 2.76. The number of hydrogen-bond donors (Lipinski definition) is 1. The first-order chi connectivity index (χ1) is 6.27. The van der Waals surface area contributed by atoms with Crippen LogP contribution in [-0.4, -0.2) is 4.98 Å². The Morgan fingerprint density at radius 2 is 1.85 bits per heavy atom. The second kappa shape index (κ2) is 2.86. The summed E-state index contributed by atoms with van der Waals surface area (Å²) in [6.45, 7) is 0. The molecule has 0 unspecified atom stereocenters. The van der Waals surface area contributed by atoms with Gasteiger partial charge in [0.05, 0.1) is 0 Å². The largest absolute Gasteiger partial charge is 0.384 e. The summed E-state index contributed by atoms with van der Waals surface area (Å²) in [5.41, 5.74) is 5.17. The maximum absolute atomic E-state index is 11.4. The van der Waals surface area contributed by atoms with Gasteiger partial charge in [0.1, 0.15) is 5.82 Å². The van der Waals surface area contributed by atoms with E-state index in [0.29, 0.717) is 5.39 Å². The first-order valence-electron chi connectivity index (χ1n) is 3.93. The molecule has 3 nitrogen and oxygen atoms in total. The predicted molar refractivity (Wildman–Crippen MR) is 52.4 cm³/mol. The molecule has 2 N–H and O–H groups in total. The molecule has 0 bridgehead atoms. The molecule has 0 aliphatic carbocycles. The third kappa shape index (κ3) is 1.36. The number of rotatable bonds is 0. The quantitative estimate of drug-likeness (QED) is 0.649. The van der Waals surface area contributed by atoms with Crippen molar-refractivity contribution in [2.45, 2.75) is 0 Å². The zero-order chi connectivity index (χ0) is 9.26. The van der Waals surface area contributed by atoms with Crippen molar-refractivity contribution < 1.29 is 0 Å². The number of fused-ring (bicyclic) bond motifs is 1. The zero-order valence-electron chi connectivity index (χ0n) is 6.90. The Labute approximate surface area is 74.8 Å². The van der Waals surface area contributed by atoms with Crippen LogP contribution in [0.2, 0.25) is 0 Å². The minimum Gasteiger partial charge on any atom is -0.384 e. The van der Waals surface area contributed by atoms with Crippen molar-refractivity contribution in [2.75, 3.05) is 5.73 Å². The van der Waals surface area contributed by atoms with E-state index in [2.05, 4.69) is 4.98 Å². The van der Waals surface area contributed by atoms with E-state index in [9.17, 15) is 4.79 Å². The summed E-state index contributed by atoms with van der Waals surface area (Å²) in [4.78, 5) is 15.1. The van der Waals surface area contributed by atoms with E-state index in [1.165, 1.54) is 0 Å². The SMILES string of the molecule is Nc1ccc2ccccc2c(=O)n1. The molecule has 0 aliphatic heterocycles. The maximum atomic E-state index is 11.4. The first kappa shape index (κ1) is 7.73. The Morgan fingerprint density at radius 3 is 2.69 bits per heavy atom. The summed E-state index contributed by atoms with van der Waals surface area (Å²) < 4.78 is 0. The number of hydrogen-bond acceptors (Lipinski definition) is 3. The van der Waals surface area contributed by atoms with E-state index in [0.717, 1.165) is 5.39 Å². The van der Waals surface area contributed by atoms with Crippen LogP contribution >= 0.6 is 0 Å². The zero-order valence-corrected chi connectivity index (χ0v) is 6.90. The average molecular weight is 172 g/mol. The summed E-state index contributed by atoms with van der Waals surface area (Å²) in [5, 5.41) is 1.45. The fourth-order valence-electron chi connectivity index (χ4n) is 1.23. The third-order valence-corrected chi connectivity index (χ3v) is 1.86. The molecule has 0 atom stereocenters. The molecule has 2 aromatic rings. The highest BCUT2D eigenvalue weighted by Gasteiger charge is 1.95. The first-order valence-corrected chi connectivity index (χ1v) is 3.93. The van der Waals surface area contributed by atoms with Crippen LogP contribution in [0.3, 0.4) is 0 Å². The van der Waals surface area contributed by atoms with Gasteiger partial charge in [-0.3, -0.25) is 4.79 Å². The Hall–Kier alpha value is -1.90. The van der Waals surface area contributed by atoms with E-state index >= 15 is 0 Å². The van der Waals surface area contributed by atoms with Crippen LogP contribution in [0.1, 0.15) is 0 Å².